The maximum Gasteiger partial charge on any atom is 0.148 e. The molecule has 1 N–H and O–H groups in total. The fourth-order valence-corrected chi connectivity index (χ4v) is 1.61. The van der Waals surface area contributed by atoms with E-state index in [-0.39, 0.29) is 5.15 Å². The first kappa shape index (κ1) is 11.4. The Morgan fingerprint density at radius 3 is 2.76 bits per heavy atom. The fourth-order valence-electron chi connectivity index (χ4n) is 1.41. The molecule has 0 aliphatic carbocycles. The number of rotatable bonds is 2. The summed E-state index contributed by atoms with van der Waals surface area (Å²) in [6.07, 6.45) is 3.27. The molecule has 0 aromatic carbocycles. The SMILES string of the molecule is Cc1ncccc1Nc1ccnc(Cl)c1C#N. The molecule has 0 aliphatic rings. The molecule has 2 rings (SSSR count). The zero-order valence-electron chi connectivity index (χ0n) is 9.11. The number of nitriles is 1. The van der Waals surface area contributed by atoms with Gasteiger partial charge in [-0.1, -0.05) is 11.6 Å². The van der Waals surface area contributed by atoms with Crippen molar-refractivity contribution in [2.75, 3.05) is 5.32 Å². The summed E-state index contributed by atoms with van der Waals surface area (Å²) in [7, 11) is 0. The normalized spacial score (nSPS) is 9.71. The highest BCUT2D eigenvalue weighted by Crippen LogP contribution is 2.25. The Bertz CT molecular complexity index is 589. The van der Waals surface area contributed by atoms with Gasteiger partial charge in [-0.2, -0.15) is 5.26 Å². The van der Waals surface area contributed by atoms with Crippen LogP contribution in [0.25, 0.3) is 0 Å². The average Bonchev–Trinajstić information content (AvgIpc) is 2.32. The van der Waals surface area contributed by atoms with Gasteiger partial charge in [0, 0.05) is 12.4 Å². The first-order chi connectivity index (χ1) is 8.22. The Labute approximate surface area is 104 Å². The molecule has 2 heterocycles. The highest BCUT2D eigenvalue weighted by atomic mass is 35.5. The lowest BCUT2D eigenvalue weighted by Crippen LogP contribution is -1.98. The second-order valence-corrected chi connectivity index (χ2v) is 3.76. The van der Waals surface area contributed by atoms with Crippen molar-refractivity contribution in [2.24, 2.45) is 0 Å². The van der Waals surface area contributed by atoms with E-state index in [1.165, 1.54) is 0 Å². The lowest BCUT2D eigenvalue weighted by Gasteiger charge is -2.10. The van der Waals surface area contributed by atoms with E-state index in [9.17, 15) is 0 Å². The van der Waals surface area contributed by atoms with Crippen LogP contribution in [-0.4, -0.2) is 9.97 Å². The van der Waals surface area contributed by atoms with Crippen LogP contribution in [0, 0.1) is 18.3 Å². The van der Waals surface area contributed by atoms with Crippen molar-refractivity contribution >= 4 is 23.0 Å². The van der Waals surface area contributed by atoms with Crippen LogP contribution in [0.3, 0.4) is 0 Å². The molecule has 5 heteroatoms. The predicted molar refractivity (Wildman–Crippen MR) is 66.2 cm³/mol. The molecule has 0 fully saturated rings. The van der Waals surface area contributed by atoms with Crippen molar-refractivity contribution in [3.05, 3.63) is 47.0 Å². The molecule has 0 radical (unpaired) electrons. The molecule has 0 saturated carbocycles. The van der Waals surface area contributed by atoms with E-state index in [0.717, 1.165) is 11.4 Å². The monoisotopic (exact) mass is 244 g/mol. The quantitative estimate of drug-likeness (QED) is 0.825. The van der Waals surface area contributed by atoms with Gasteiger partial charge in [0.1, 0.15) is 16.8 Å². The number of anilines is 2. The van der Waals surface area contributed by atoms with Crippen LogP contribution < -0.4 is 5.32 Å². The second kappa shape index (κ2) is 4.81. The minimum Gasteiger partial charge on any atom is -0.353 e. The van der Waals surface area contributed by atoms with Crippen LogP contribution in [0.1, 0.15) is 11.3 Å². The molecule has 0 saturated heterocycles. The minimum absolute atomic E-state index is 0.194. The summed E-state index contributed by atoms with van der Waals surface area (Å²) >= 11 is 5.85. The van der Waals surface area contributed by atoms with Gasteiger partial charge < -0.3 is 5.32 Å². The van der Waals surface area contributed by atoms with Crippen molar-refractivity contribution in [3.8, 4) is 6.07 Å². The largest absolute Gasteiger partial charge is 0.353 e. The Morgan fingerprint density at radius 2 is 2.06 bits per heavy atom. The van der Waals surface area contributed by atoms with E-state index in [2.05, 4.69) is 15.3 Å². The molecule has 0 spiro atoms. The van der Waals surface area contributed by atoms with E-state index in [1.807, 2.05) is 25.1 Å². The predicted octanol–water partition coefficient (Wildman–Crippen LogP) is 3.05. The van der Waals surface area contributed by atoms with Crippen molar-refractivity contribution in [1.29, 1.82) is 5.26 Å². The smallest absolute Gasteiger partial charge is 0.148 e. The van der Waals surface area contributed by atoms with Gasteiger partial charge in [0.05, 0.1) is 17.1 Å². The van der Waals surface area contributed by atoms with Crippen LogP contribution in [0.15, 0.2) is 30.6 Å². The molecule has 0 atom stereocenters. The number of nitrogens with one attached hydrogen (secondary N) is 1. The van der Waals surface area contributed by atoms with Gasteiger partial charge in [0.25, 0.3) is 0 Å². The fraction of sp³-hybridized carbons (Fsp3) is 0.0833. The first-order valence-electron chi connectivity index (χ1n) is 4.95. The topological polar surface area (TPSA) is 61.6 Å². The number of halogens is 1. The Kier molecular flexibility index (Phi) is 3.22. The van der Waals surface area contributed by atoms with Gasteiger partial charge >= 0.3 is 0 Å². The second-order valence-electron chi connectivity index (χ2n) is 3.40. The van der Waals surface area contributed by atoms with Gasteiger partial charge in [0.2, 0.25) is 0 Å². The van der Waals surface area contributed by atoms with Crippen molar-refractivity contribution < 1.29 is 0 Å². The molecule has 0 bridgehead atoms. The lowest BCUT2D eigenvalue weighted by molar-refractivity contribution is 1.20. The molecular weight excluding hydrogens is 236 g/mol. The van der Waals surface area contributed by atoms with Crippen molar-refractivity contribution in [1.82, 2.24) is 9.97 Å². The van der Waals surface area contributed by atoms with Gasteiger partial charge in [-0.15, -0.1) is 0 Å². The molecular formula is C12H9ClN4. The zero-order valence-corrected chi connectivity index (χ0v) is 9.86. The van der Waals surface area contributed by atoms with Crippen molar-refractivity contribution in [3.63, 3.8) is 0 Å². The van der Waals surface area contributed by atoms with Gasteiger partial charge in [-0.25, -0.2) is 4.98 Å². The number of aryl methyl sites for hydroxylation is 1. The molecule has 2 aromatic rings. The van der Waals surface area contributed by atoms with Gasteiger partial charge in [0.15, 0.2) is 0 Å². The highest BCUT2D eigenvalue weighted by Gasteiger charge is 2.08. The number of nitrogens with zero attached hydrogens (tertiary/aromatic N) is 3. The van der Waals surface area contributed by atoms with E-state index in [1.54, 1.807) is 18.5 Å². The molecule has 84 valence electrons. The molecule has 0 unspecified atom stereocenters. The Hall–Kier alpha value is -2.12. The Morgan fingerprint density at radius 1 is 1.24 bits per heavy atom. The highest BCUT2D eigenvalue weighted by molar-refractivity contribution is 6.30. The van der Waals surface area contributed by atoms with Gasteiger partial charge in [-0.05, 0) is 25.1 Å². The number of hydrogen-bond acceptors (Lipinski definition) is 4. The average molecular weight is 245 g/mol. The zero-order chi connectivity index (χ0) is 12.3. The molecule has 17 heavy (non-hydrogen) atoms. The van der Waals surface area contributed by atoms with Crippen LogP contribution >= 0.6 is 11.6 Å². The number of pyridine rings is 2. The van der Waals surface area contributed by atoms with Crippen molar-refractivity contribution in [2.45, 2.75) is 6.92 Å². The summed E-state index contributed by atoms with van der Waals surface area (Å²) in [6, 6.07) is 7.44. The van der Waals surface area contributed by atoms with Crippen LogP contribution in [0.4, 0.5) is 11.4 Å². The summed E-state index contributed by atoms with van der Waals surface area (Å²) in [4.78, 5) is 8.02. The molecule has 2 aromatic heterocycles. The summed E-state index contributed by atoms with van der Waals surface area (Å²) in [6.45, 7) is 1.89. The van der Waals surface area contributed by atoms with Crippen LogP contribution in [-0.2, 0) is 0 Å². The van der Waals surface area contributed by atoms with Gasteiger partial charge in [-0.3, -0.25) is 4.98 Å². The summed E-state index contributed by atoms with van der Waals surface area (Å²) < 4.78 is 0. The third-order valence-corrected chi connectivity index (χ3v) is 2.58. The van der Waals surface area contributed by atoms with E-state index in [4.69, 9.17) is 16.9 Å². The van der Waals surface area contributed by atoms with Crippen LogP contribution in [0.2, 0.25) is 5.15 Å². The van der Waals surface area contributed by atoms with E-state index < -0.39 is 0 Å². The maximum absolute atomic E-state index is 9.02. The number of aromatic nitrogens is 2. The first-order valence-corrected chi connectivity index (χ1v) is 5.33. The minimum atomic E-state index is 0.194. The Balaban J connectivity index is 2.41. The molecule has 4 nitrogen and oxygen atoms in total. The third kappa shape index (κ3) is 2.35. The maximum atomic E-state index is 9.02. The van der Waals surface area contributed by atoms with Crippen LogP contribution in [0.5, 0.6) is 0 Å². The molecule has 0 amide bonds. The summed E-state index contributed by atoms with van der Waals surface area (Å²) in [5, 5.41) is 12.3. The summed E-state index contributed by atoms with van der Waals surface area (Å²) in [5.41, 5.74) is 2.65. The standard InChI is InChI=1S/C12H9ClN4/c1-8-10(3-2-5-15-8)17-11-4-6-16-12(13)9(11)7-14/h2-6H,1H3,(H,16,17). The van der Waals surface area contributed by atoms with E-state index >= 15 is 0 Å². The third-order valence-electron chi connectivity index (χ3n) is 2.29. The summed E-state index contributed by atoms with van der Waals surface area (Å²) in [5.74, 6) is 0. The molecule has 0 aliphatic heterocycles. The van der Waals surface area contributed by atoms with E-state index in [0.29, 0.717) is 11.3 Å². The number of hydrogen-bond donors (Lipinski definition) is 1. The lowest BCUT2D eigenvalue weighted by atomic mass is 10.2.